The van der Waals surface area contributed by atoms with Crippen molar-refractivity contribution < 1.29 is 9.47 Å². The summed E-state index contributed by atoms with van der Waals surface area (Å²) in [6, 6.07) is 0.699. The molecule has 19 heavy (non-hydrogen) atoms. The Labute approximate surface area is 118 Å². The molecule has 2 unspecified atom stereocenters. The number of nitrogens with one attached hydrogen (secondary N) is 1. The van der Waals surface area contributed by atoms with Crippen LogP contribution in [0.2, 0.25) is 0 Å². The van der Waals surface area contributed by atoms with Gasteiger partial charge in [-0.05, 0) is 39.2 Å². The lowest BCUT2D eigenvalue weighted by molar-refractivity contribution is -0.158. The van der Waals surface area contributed by atoms with Crippen LogP contribution in [0.25, 0.3) is 0 Å². The Balaban J connectivity index is 1.82. The van der Waals surface area contributed by atoms with Gasteiger partial charge >= 0.3 is 0 Å². The van der Waals surface area contributed by atoms with E-state index < -0.39 is 0 Å². The first kappa shape index (κ1) is 15.3. The number of hydrogen-bond donors (Lipinski definition) is 1. The van der Waals surface area contributed by atoms with Crippen molar-refractivity contribution in [2.24, 2.45) is 5.41 Å². The van der Waals surface area contributed by atoms with E-state index in [4.69, 9.17) is 9.47 Å². The van der Waals surface area contributed by atoms with E-state index in [0.717, 1.165) is 26.4 Å². The standard InChI is InChI=1S/C16H31NO2/c1-3-10-17-14-13-15(19-12-11-18-4-2)16(14)8-6-5-7-9-16/h14-15,17H,3-13H2,1-2H3. The Morgan fingerprint density at radius 2 is 1.89 bits per heavy atom. The predicted molar refractivity (Wildman–Crippen MR) is 78.4 cm³/mol. The van der Waals surface area contributed by atoms with Crippen LogP contribution in [0.5, 0.6) is 0 Å². The zero-order valence-electron chi connectivity index (χ0n) is 12.7. The van der Waals surface area contributed by atoms with Crippen LogP contribution < -0.4 is 5.32 Å². The lowest BCUT2D eigenvalue weighted by atomic mass is 9.55. The molecule has 0 aliphatic heterocycles. The molecule has 1 N–H and O–H groups in total. The van der Waals surface area contributed by atoms with Gasteiger partial charge in [0, 0.05) is 18.1 Å². The topological polar surface area (TPSA) is 30.5 Å². The average Bonchev–Trinajstić information content (AvgIpc) is 2.46. The second-order valence-electron chi connectivity index (χ2n) is 6.09. The van der Waals surface area contributed by atoms with Crippen molar-refractivity contribution in [1.29, 1.82) is 0 Å². The Kier molecular flexibility index (Phi) is 6.11. The zero-order valence-corrected chi connectivity index (χ0v) is 12.7. The molecule has 2 saturated carbocycles. The van der Waals surface area contributed by atoms with Crippen LogP contribution in [-0.4, -0.2) is 38.5 Å². The van der Waals surface area contributed by atoms with Crippen LogP contribution in [0.15, 0.2) is 0 Å². The molecule has 1 spiro atoms. The van der Waals surface area contributed by atoms with Gasteiger partial charge in [-0.2, -0.15) is 0 Å². The van der Waals surface area contributed by atoms with E-state index in [1.54, 1.807) is 0 Å². The summed E-state index contributed by atoms with van der Waals surface area (Å²) in [7, 11) is 0. The van der Waals surface area contributed by atoms with Crippen molar-refractivity contribution in [3.05, 3.63) is 0 Å². The monoisotopic (exact) mass is 269 g/mol. The van der Waals surface area contributed by atoms with Gasteiger partial charge in [0.25, 0.3) is 0 Å². The van der Waals surface area contributed by atoms with Gasteiger partial charge in [-0.25, -0.2) is 0 Å². The molecule has 0 amide bonds. The van der Waals surface area contributed by atoms with Crippen molar-refractivity contribution in [3.63, 3.8) is 0 Å². The molecule has 2 rings (SSSR count). The van der Waals surface area contributed by atoms with E-state index >= 15 is 0 Å². The maximum Gasteiger partial charge on any atom is 0.0704 e. The normalized spacial score (nSPS) is 29.4. The van der Waals surface area contributed by atoms with E-state index in [0.29, 0.717) is 17.6 Å². The third-order valence-electron chi connectivity index (χ3n) is 4.96. The van der Waals surface area contributed by atoms with Crippen molar-refractivity contribution >= 4 is 0 Å². The van der Waals surface area contributed by atoms with E-state index in [1.165, 1.54) is 44.9 Å². The van der Waals surface area contributed by atoms with E-state index in [-0.39, 0.29) is 0 Å². The molecule has 112 valence electrons. The van der Waals surface area contributed by atoms with E-state index in [1.807, 2.05) is 6.92 Å². The fourth-order valence-corrected chi connectivity index (χ4v) is 3.86. The Hall–Kier alpha value is -0.120. The highest BCUT2D eigenvalue weighted by Gasteiger charge is 2.55. The molecule has 0 aromatic heterocycles. The number of rotatable bonds is 8. The summed E-state index contributed by atoms with van der Waals surface area (Å²) < 4.78 is 11.5. The molecule has 0 aromatic carbocycles. The summed E-state index contributed by atoms with van der Waals surface area (Å²) in [6.45, 7) is 7.74. The Bertz CT molecular complexity index is 249. The van der Waals surface area contributed by atoms with Crippen LogP contribution in [-0.2, 0) is 9.47 Å². The quantitative estimate of drug-likeness (QED) is 0.687. The highest BCUT2D eigenvalue weighted by atomic mass is 16.5. The third kappa shape index (κ3) is 3.50. The molecular weight excluding hydrogens is 238 g/mol. The highest BCUT2D eigenvalue weighted by Crippen LogP contribution is 2.53. The summed E-state index contributed by atoms with van der Waals surface area (Å²) in [5.41, 5.74) is 0.444. The van der Waals surface area contributed by atoms with Crippen molar-refractivity contribution in [1.82, 2.24) is 5.32 Å². The zero-order chi connectivity index (χ0) is 13.6. The minimum atomic E-state index is 0.444. The van der Waals surface area contributed by atoms with Crippen LogP contribution in [0.1, 0.15) is 58.8 Å². The summed E-state index contributed by atoms with van der Waals surface area (Å²) in [4.78, 5) is 0. The molecule has 2 atom stereocenters. The van der Waals surface area contributed by atoms with Gasteiger partial charge < -0.3 is 14.8 Å². The van der Waals surface area contributed by atoms with Crippen LogP contribution in [0.3, 0.4) is 0 Å². The van der Waals surface area contributed by atoms with Crippen molar-refractivity contribution in [2.75, 3.05) is 26.4 Å². The summed E-state index contributed by atoms with van der Waals surface area (Å²) in [5, 5.41) is 3.75. The molecule has 2 fully saturated rings. The van der Waals surface area contributed by atoms with E-state index in [9.17, 15) is 0 Å². The predicted octanol–water partition coefficient (Wildman–Crippen LogP) is 3.13. The molecule has 0 heterocycles. The molecule has 0 bridgehead atoms. The Morgan fingerprint density at radius 3 is 2.58 bits per heavy atom. The van der Waals surface area contributed by atoms with Crippen molar-refractivity contribution in [3.8, 4) is 0 Å². The second kappa shape index (κ2) is 7.61. The van der Waals surface area contributed by atoms with Gasteiger partial charge in [-0.1, -0.05) is 26.2 Å². The first-order chi connectivity index (χ1) is 9.33. The number of hydrogen-bond acceptors (Lipinski definition) is 3. The average molecular weight is 269 g/mol. The maximum absolute atomic E-state index is 6.12. The largest absolute Gasteiger partial charge is 0.379 e. The minimum absolute atomic E-state index is 0.444. The van der Waals surface area contributed by atoms with Crippen molar-refractivity contribution in [2.45, 2.75) is 70.9 Å². The lowest BCUT2D eigenvalue weighted by Gasteiger charge is -2.58. The summed E-state index contributed by atoms with van der Waals surface area (Å²) >= 11 is 0. The van der Waals surface area contributed by atoms with E-state index in [2.05, 4.69) is 12.2 Å². The fraction of sp³-hybridized carbons (Fsp3) is 1.00. The van der Waals surface area contributed by atoms with Gasteiger partial charge in [-0.3, -0.25) is 0 Å². The Morgan fingerprint density at radius 1 is 1.11 bits per heavy atom. The van der Waals surface area contributed by atoms with Gasteiger partial charge in [0.2, 0.25) is 0 Å². The lowest BCUT2D eigenvalue weighted by Crippen LogP contribution is -2.64. The van der Waals surface area contributed by atoms with Gasteiger partial charge in [0.15, 0.2) is 0 Å². The van der Waals surface area contributed by atoms with Crippen LogP contribution in [0.4, 0.5) is 0 Å². The van der Waals surface area contributed by atoms with Gasteiger partial charge in [0.1, 0.15) is 0 Å². The minimum Gasteiger partial charge on any atom is -0.379 e. The maximum atomic E-state index is 6.12. The first-order valence-corrected chi connectivity index (χ1v) is 8.26. The van der Waals surface area contributed by atoms with Crippen LogP contribution >= 0.6 is 0 Å². The molecule has 2 aliphatic carbocycles. The molecular formula is C16H31NO2. The first-order valence-electron chi connectivity index (χ1n) is 8.26. The highest BCUT2D eigenvalue weighted by molar-refractivity contribution is 5.08. The molecule has 0 radical (unpaired) electrons. The van der Waals surface area contributed by atoms with Gasteiger partial charge in [0.05, 0.1) is 19.3 Å². The smallest absolute Gasteiger partial charge is 0.0704 e. The van der Waals surface area contributed by atoms with Gasteiger partial charge in [-0.15, -0.1) is 0 Å². The third-order valence-corrected chi connectivity index (χ3v) is 4.96. The second-order valence-corrected chi connectivity index (χ2v) is 6.09. The molecule has 2 aliphatic rings. The summed E-state index contributed by atoms with van der Waals surface area (Å²) in [5.74, 6) is 0. The molecule has 0 aromatic rings. The molecule has 3 nitrogen and oxygen atoms in total. The van der Waals surface area contributed by atoms with Crippen LogP contribution in [0, 0.1) is 5.41 Å². The summed E-state index contributed by atoms with van der Waals surface area (Å²) in [6.07, 6.45) is 9.79. The number of ether oxygens (including phenoxy) is 2. The molecule has 0 saturated heterocycles. The SMILES string of the molecule is CCCNC1CC(OCCOCC)C12CCCCC2. The molecule has 3 heteroatoms. The fourth-order valence-electron chi connectivity index (χ4n) is 3.86.